The van der Waals surface area contributed by atoms with E-state index in [1.54, 1.807) is 12.1 Å². The summed E-state index contributed by atoms with van der Waals surface area (Å²) in [6.45, 7) is 2.05. The van der Waals surface area contributed by atoms with Crippen molar-refractivity contribution >= 4 is 16.6 Å². The van der Waals surface area contributed by atoms with E-state index < -0.39 is 10.9 Å². The van der Waals surface area contributed by atoms with Crippen molar-refractivity contribution in [2.24, 2.45) is 0 Å². The molecular weight excluding hydrogens is 174 g/mol. The SMILES string of the molecule is CCc1ccc(N[SH](=O)=O)cc1. The highest BCUT2D eigenvalue weighted by molar-refractivity contribution is 7.73. The molecule has 12 heavy (non-hydrogen) atoms. The second-order valence-electron chi connectivity index (χ2n) is 2.42. The van der Waals surface area contributed by atoms with E-state index in [1.807, 2.05) is 12.1 Å². The van der Waals surface area contributed by atoms with E-state index in [1.165, 1.54) is 5.56 Å². The third kappa shape index (κ3) is 2.54. The average Bonchev–Trinajstić information content (AvgIpc) is 2.05. The molecule has 0 amide bonds. The Labute approximate surface area is 73.5 Å². The quantitative estimate of drug-likeness (QED) is 0.695. The fourth-order valence-electron chi connectivity index (χ4n) is 0.920. The molecule has 0 atom stereocenters. The van der Waals surface area contributed by atoms with Crippen LogP contribution in [0, 0.1) is 0 Å². The molecule has 0 unspecified atom stereocenters. The van der Waals surface area contributed by atoms with Gasteiger partial charge in [-0.15, -0.1) is 0 Å². The molecular formula is C8H11NO2S. The van der Waals surface area contributed by atoms with Gasteiger partial charge in [-0.1, -0.05) is 19.1 Å². The molecule has 0 fully saturated rings. The molecule has 1 aromatic carbocycles. The van der Waals surface area contributed by atoms with Crippen LogP contribution in [-0.4, -0.2) is 8.42 Å². The van der Waals surface area contributed by atoms with E-state index in [2.05, 4.69) is 11.6 Å². The van der Waals surface area contributed by atoms with Crippen molar-refractivity contribution in [3.63, 3.8) is 0 Å². The number of rotatable bonds is 3. The minimum atomic E-state index is -2.54. The summed E-state index contributed by atoms with van der Waals surface area (Å²) in [5.41, 5.74) is 1.81. The van der Waals surface area contributed by atoms with Crippen LogP contribution in [0.5, 0.6) is 0 Å². The molecule has 1 N–H and O–H groups in total. The van der Waals surface area contributed by atoms with Gasteiger partial charge in [0.05, 0.1) is 0 Å². The topological polar surface area (TPSA) is 46.2 Å². The Morgan fingerprint density at radius 1 is 1.25 bits per heavy atom. The predicted octanol–water partition coefficient (Wildman–Crippen LogP) is 1.19. The monoisotopic (exact) mass is 185 g/mol. The maximum absolute atomic E-state index is 10.2. The summed E-state index contributed by atoms with van der Waals surface area (Å²) in [5.74, 6) is 0. The molecule has 0 spiro atoms. The van der Waals surface area contributed by atoms with Crippen molar-refractivity contribution in [3.05, 3.63) is 29.8 Å². The van der Waals surface area contributed by atoms with Crippen LogP contribution < -0.4 is 4.72 Å². The van der Waals surface area contributed by atoms with Crippen LogP contribution >= 0.6 is 0 Å². The van der Waals surface area contributed by atoms with Gasteiger partial charge in [-0.3, -0.25) is 4.72 Å². The van der Waals surface area contributed by atoms with Gasteiger partial charge in [-0.05, 0) is 24.1 Å². The summed E-state index contributed by atoms with van der Waals surface area (Å²) in [4.78, 5) is 0. The Morgan fingerprint density at radius 2 is 1.83 bits per heavy atom. The largest absolute Gasteiger partial charge is 0.286 e. The second kappa shape index (κ2) is 4.11. The van der Waals surface area contributed by atoms with E-state index in [4.69, 9.17) is 0 Å². The molecule has 0 radical (unpaired) electrons. The van der Waals surface area contributed by atoms with E-state index in [0.29, 0.717) is 5.69 Å². The lowest BCUT2D eigenvalue weighted by molar-refractivity contribution is 0.619. The molecule has 4 heteroatoms. The standard InChI is InChI=1S/C8H11NO2S/c1-2-7-3-5-8(6-4-7)9-12(10)11/h3-6,12H,2H2,1H3,(H,9,10,11). The van der Waals surface area contributed by atoms with Gasteiger partial charge in [0.2, 0.25) is 10.9 Å². The van der Waals surface area contributed by atoms with Gasteiger partial charge >= 0.3 is 0 Å². The van der Waals surface area contributed by atoms with Crippen LogP contribution in [0.15, 0.2) is 24.3 Å². The fraction of sp³-hybridized carbons (Fsp3) is 0.250. The zero-order valence-electron chi connectivity index (χ0n) is 6.78. The lowest BCUT2D eigenvalue weighted by Gasteiger charge is -1.99. The number of anilines is 1. The molecule has 0 aliphatic carbocycles. The van der Waals surface area contributed by atoms with Crippen molar-refractivity contribution in [2.45, 2.75) is 13.3 Å². The van der Waals surface area contributed by atoms with Gasteiger partial charge in [0, 0.05) is 5.69 Å². The smallest absolute Gasteiger partial charge is 0.222 e. The molecule has 0 bridgehead atoms. The van der Waals surface area contributed by atoms with E-state index in [0.717, 1.165) is 6.42 Å². The highest BCUT2D eigenvalue weighted by Crippen LogP contribution is 2.09. The van der Waals surface area contributed by atoms with Crippen LogP contribution in [0.1, 0.15) is 12.5 Å². The summed E-state index contributed by atoms with van der Waals surface area (Å²) < 4.78 is 22.8. The van der Waals surface area contributed by atoms with E-state index >= 15 is 0 Å². The Balaban J connectivity index is 2.77. The maximum Gasteiger partial charge on any atom is 0.222 e. The van der Waals surface area contributed by atoms with Crippen LogP contribution in [0.25, 0.3) is 0 Å². The predicted molar refractivity (Wildman–Crippen MR) is 49.8 cm³/mol. The lowest BCUT2D eigenvalue weighted by atomic mass is 10.2. The molecule has 66 valence electrons. The highest BCUT2D eigenvalue weighted by atomic mass is 32.2. The van der Waals surface area contributed by atoms with E-state index in [-0.39, 0.29) is 0 Å². The van der Waals surface area contributed by atoms with Crippen LogP contribution in [0.3, 0.4) is 0 Å². The number of benzene rings is 1. The minimum Gasteiger partial charge on any atom is -0.286 e. The summed E-state index contributed by atoms with van der Waals surface area (Å²) in [5, 5.41) is 0. The number of nitrogens with one attached hydrogen (secondary N) is 1. The first-order valence-corrected chi connectivity index (χ1v) is 4.90. The van der Waals surface area contributed by atoms with Crippen molar-refractivity contribution in [2.75, 3.05) is 4.72 Å². The van der Waals surface area contributed by atoms with Crippen molar-refractivity contribution in [1.82, 2.24) is 0 Å². The maximum atomic E-state index is 10.2. The summed E-state index contributed by atoms with van der Waals surface area (Å²) >= 11 is 0. The number of hydrogen-bond donors (Lipinski definition) is 2. The first-order chi connectivity index (χ1) is 5.72. The minimum absolute atomic E-state index is 0.614. The van der Waals surface area contributed by atoms with Crippen molar-refractivity contribution in [1.29, 1.82) is 0 Å². The summed E-state index contributed by atoms with van der Waals surface area (Å²) in [7, 11) is -2.54. The van der Waals surface area contributed by atoms with E-state index in [9.17, 15) is 8.42 Å². The molecule has 1 aromatic rings. The lowest BCUT2D eigenvalue weighted by Crippen LogP contribution is -1.94. The Bertz CT molecular complexity index is 308. The van der Waals surface area contributed by atoms with Gasteiger partial charge in [0.25, 0.3) is 0 Å². The van der Waals surface area contributed by atoms with Gasteiger partial charge in [0.1, 0.15) is 0 Å². The average molecular weight is 185 g/mol. The second-order valence-corrected chi connectivity index (χ2v) is 3.16. The van der Waals surface area contributed by atoms with Gasteiger partial charge in [0.15, 0.2) is 0 Å². The molecule has 0 saturated heterocycles. The molecule has 0 aliphatic heterocycles. The van der Waals surface area contributed by atoms with Gasteiger partial charge in [-0.25, -0.2) is 8.42 Å². The van der Waals surface area contributed by atoms with Crippen LogP contribution in [0.4, 0.5) is 5.69 Å². The zero-order chi connectivity index (χ0) is 8.97. The first kappa shape index (κ1) is 9.06. The van der Waals surface area contributed by atoms with Crippen LogP contribution in [0.2, 0.25) is 0 Å². The molecule has 1 rings (SSSR count). The third-order valence-corrected chi connectivity index (χ3v) is 2.02. The summed E-state index contributed by atoms with van der Waals surface area (Å²) in [6, 6.07) is 7.32. The fourth-order valence-corrected chi connectivity index (χ4v) is 1.28. The number of hydrogen-bond acceptors (Lipinski definition) is 2. The number of aryl methyl sites for hydroxylation is 1. The first-order valence-electron chi connectivity index (χ1n) is 3.72. The molecule has 3 nitrogen and oxygen atoms in total. The van der Waals surface area contributed by atoms with Gasteiger partial charge in [-0.2, -0.15) is 0 Å². The Kier molecular flexibility index (Phi) is 3.10. The molecule has 0 aromatic heterocycles. The molecule has 0 heterocycles. The highest BCUT2D eigenvalue weighted by Gasteiger charge is 1.91. The zero-order valence-corrected chi connectivity index (χ0v) is 7.67. The van der Waals surface area contributed by atoms with Gasteiger partial charge < -0.3 is 0 Å². The normalized spacial score (nSPS) is 10.2. The van der Waals surface area contributed by atoms with Crippen molar-refractivity contribution < 1.29 is 8.42 Å². The Hall–Kier alpha value is -1.03. The third-order valence-electron chi connectivity index (χ3n) is 1.58. The summed E-state index contributed by atoms with van der Waals surface area (Å²) in [6.07, 6.45) is 0.962. The molecule has 0 aliphatic rings. The van der Waals surface area contributed by atoms with Crippen LogP contribution in [-0.2, 0) is 17.3 Å². The van der Waals surface area contributed by atoms with Crippen molar-refractivity contribution in [3.8, 4) is 0 Å². The Morgan fingerprint density at radius 3 is 2.25 bits per heavy atom. The number of thiol groups is 1. The molecule has 0 saturated carbocycles.